The molecular formula is C16H19N3O2. The van der Waals surface area contributed by atoms with Crippen LogP contribution in [0.2, 0.25) is 0 Å². The third-order valence-corrected chi connectivity index (χ3v) is 5.21. The van der Waals surface area contributed by atoms with Gasteiger partial charge < -0.3 is 0 Å². The summed E-state index contributed by atoms with van der Waals surface area (Å²) in [7, 11) is 0. The fourth-order valence-electron chi connectivity index (χ4n) is 4.27. The largest absolute Gasteiger partial charge is 0.351 e. The van der Waals surface area contributed by atoms with Crippen molar-refractivity contribution in [3.05, 3.63) is 51.3 Å². The van der Waals surface area contributed by atoms with Gasteiger partial charge in [-0.15, -0.1) is 0 Å². The molecule has 5 heteroatoms. The molecule has 21 heavy (non-hydrogen) atoms. The van der Waals surface area contributed by atoms with Crippen molar-refractivity contribution in [2.75, 3.05) is 0 Å². The SMILES string of the molecule is O=c1[nH]n(C2CCC3CCCC32)c(=O)n1-c1ccccc1. The molecule has 2 aliphatic rings. The van der Waals surface area contributed by atoms with E-state index in [4.69, 9.17) is 0 Å². The maximum Gasteiger partial charge on any atom is 0.351 e. The Morgan fingerprint density at radius 1 is 1.00 bits per heavy atom. The van der Waals surface area contributed by atoms with Crippen LogP contribution in [0.15, 0.2) is 39.9 Å². The zero-order valence-electron chi connectivity index (χ0n) is 11.9. The van der Waals surface area contributed by atoms with Crippen LogP contribution in [0.5, 0.6) is 0 Å². The van der Waals surface area contributed by atoms with E-state index in [9.17, 15) is 9.59 Å². The average Bonchev–Trinajstić information content (AvgIpc) is 3.15. The summed E-state index contributed by atoms with van der Waals surface area (Å²) < 4.78 is 2.83. The first-order chi connectivity index (χ1) is 10.3. The first kappa shape index (κ1) is 12.7. The highest BCUT2D eigenvalue weighted by molar-refractivity contribution is 5.30. The van der Waals surface area contributed by atoms with Crippen molar-refractivity contribution < 1.29 is 0 Å². The van der Waals surface area contributed by atoms with Crippen LogP contribution >= 0.6 is 0 Å². The van der Waals surface area contributed by atoms with Gasteiger partial charge in [0.15, 0.2) is 0 Å². The lowest BCUT2D eigenvalue weighted by Crippen LogP contribution is -2.30. The number of para-hydroxylation sites is 1. The van der Waals surface area contributed by atoms with Crippen LogP contribution in [0.25, 0.3) is 5.69 Å². The number of benzene rings is 1. The molecule has 110 valence electrons. The summed E-state index contributed by atoms with van der Waals surface area (Å²) in [6.45, 7) is 0. The topological polar surface area (TPSA) is 59.8 Å². The number of hydrogen-bond donors (Lipinski definition) is 1. The van der Waals surface area contributed by atoms with E-state index >= 15 is 0 Å². The van der Waals surface area contributed by atoms with Gasteiger partial charge in [0, 0.05) is 0 Å². The normalized spacial score (nSPS) is 27.9. The Kier molecular flexibility index (Phi) is 2.87. The molecule has 0 aliphatic heterocycles. The molecule has 5 nitrogen and oxygen atoms in total. The molecule has 1 N–H and O–H groups in total. The Balaban J connectivity index is 1.79. The minimum atomic E-state index is -0.340. The van der Waals surface area contributed by atoms with Gasteiger partial charge in [-0.05, 0) is 43.2 Å². The Labute approximate surface area is 122 Å². The highest BCUT2D eigenvalue weighted by Crippen LogP contribution is 2.49. The summed E-state index contributed by atoms with van der Waals surface area (Å²) in [4.78, 5) is 24.9. The molecule has 0 spiro atoms. The van der Waals surface area contributed by atoms with Crippen LogP contribution in [-0.4, -0.2) is 14.3 Å². The first-order valence-electron chi connectivity index (χ1n) is 7.74. The Morgan fingerprint density at radius 2 is 1.81 bits per heavy atom. The maximum atomic E-state index is 12.7. The van der Waals surface area contributed by atoms with Crippen LogP contribution in [0, 0.1) is 11.8 Å². The molecule has 3 atom stereocenters. The summed E-state index contributed by atoms with van der Waals surface area (Å²) in [5.41, 5.74) is 0.0554. The van der Waals surface area contributed by atoms with E-state index in [1.54, 1.807) is 16.8 Å². The number of aromatic nitrogens is 3. The van der Waals surface area contributed by atoms with Crippen molar-refractivity contribution in [1.29, 1.82) is 0 Å². The molecule has 4 rings (SSSR count). The second kappa shape index (κ2) is 4.76. The summed E-state index contributed by atoms with van der Waals surface area (Å²) in [5, 5.41) is 2.78. The van der Waals surface area contributed by atoms with Gasteiger partial charge in [-0.3, -0.25) is 0 Å². The smallest absolute Gasteiger partial charge is 0.246 e. The zero-order valence-corrected chi connectivity index (χ0v) is 11.9. The van der Waals surface area contributed by atoms with Crippen LogP contribution in [0.3, 0.4) is 0 Å². The molecule has 3 unspecified atom stereocenters. The number of rotatable bonds is 2. The van der Waals surface area contributed by atoms with E-state index in [1.165, 1.54) is 30.3 Å². The molecule has 1 heterocycles. The molecule has 1 aromatic heterocycles. The standard InChI is InChI=1S/C16H19N3O2/c20-15-17-19(14-10-9-11-5-4-8-13(11)14)16(21)18(15)12-6-2-1-3-7-12/h1-3,6-7,11,13-14H,4-5,8-10H2,(H,17,20). The highest BCUT2D eigenvalue weighted by atomic mass is 16.2. The summed E-state index contributed by atoms with van der Waals surface area (Å²) in [6.07, 6.45) is 5.90. The maximum absolute atomic E-state index is 12.7. The van der Waals surface area contributed by atoms with Crippen molar-refractivity contribution in [2.45, 2.75) is 38.1 Å². The number of nitrogens with one attached hydrogen (secondary N) is 1. The van der Waals surface area contributed by atoms with Gasteiger partial charge in [0.05, 0.1) is 11.7 Å². The highest BCUT2D eigenvalue weighted by Gasteiger charge is 2.41. The summed E-state index contributed by atoms with van der Waals surface area (Å²) >= 11 is 0. The minimum absolute atomic E-state index is 0.169. The third-order valence-electron chi connectivity index (χ3n) is 5.21. The fraction of sp³-hybridized carbons (Fsp3) is 0.500. The molecule has 0 bridgehead atoms. The fourth-order valence-corrected chi connectivity index (χ4v) is 4.27. The Hall–Kier alpha value is -2.04. The second-order valence-electron chi connectivity index (χ2n) is 6.24. The van der Waals surface area contributed by atoms with Gasteiger partial charge in [-0.25, -0.2) is 23.9 Å². The summed E-state index contributed by atoms with van der Waals surface area (Å²) in [5.74, 6) is 1.30. The molecular weight excluding hydrogens is 266 g/mol. The number of fused-ring (bicyclic) bond motifs is 1. The number of nitrogens with zero attached hydrogens (tertiary/aromatic N) is 2. The predicted molar refractivity (Wildman–Crippen MR) is 79.8 cm³/mol. The van der Waals surface area contributed by atoms with Crippen LogP contribution in [0.1, 0.15) is 38.1 Å². The van der Waals surface area contributed by atoms with Crippen molar-refractivity contribution in [3.63, 3.8) is 0 Å². The molecule has 0 amide bonds. The minimum Gasteiger partial charge on any atom is -0.246 e. The third kappa shape index (κ3) is 1.91. The molecule has 2 fully saturated rings. The monoisotopic (exact) mass is 285 g/mol. The molecule has 0 saturated heterocycles. The summed E-state index contributed by atoms with van der Waals surface area (Å²) in [6, 6.07) is 9.28. The van der Waals surface area contributed by atoms with Crippen LogP contribution < -0.4 is 11.4 Å². The molecule has 1 aromatic carbocycles. The molecule has 2 aliphatic carbocycles. The van der Waals surface area contributed by atoms with Gasteiger partial charge in [0.1, 0.15) is 0 Å². The Morgan fingerprint density at radius 3 is 2.62 bits per heavy atom. The van der Waals surface area contributed by atoms with Gasteiger partial charge in [-0.2, -0.15) is 0 Å². The quantitative estimate of drug-likeness (QED) is 0.918. The number of H-pyrrole nitrogens is 1. The van der Waals surface area contributed by atoms with Gasteiger partial charge in [0.2, 0.25) is 0 Å². The number of aromatic amines is 1. The first-order valence-corrected chi connectivity index (χ1v) is 7.74. The molecule has 0 radical (unpaired) electrons. The predicted octanol–water partition coefficient (Wildman–Crippen LogP) is 2.08. The van der Waals surface area contributed by atoms with Crippen LogP contribution in [0.4, 0.5) is 0 Å². The molecule has 2 saturated carbocycles. The van der Waals surface area contributed by atoms with Crippen molar-refractivity contribution in [2.24, 2.45) is 11.8 Å². The zero-order chi connectivity index (χ0) is 14.4. The lowest BCUT2D eigenvalue weighted by molar-refractivity contribution is 0.317. The van der Waals surface area contributed by atoms with Gasteiger partial charge >= 0.3 is 11.4 Å². The lowest BCUT2D eigenvalue weighted by atomic mass is 9.98. The van der Waals surface area contributed by atoms with E-state index in [-0.39, 0.29) is 17.4 Å². The van der Waals surface area contributed by atoms with Crippen molar-refractivity contribution >= 4 is 0 Å². The number of hydrogen-bond acceptors (Lipinski definition) is 2. The molecule has 2 aromatic rings. The average molecular weight is 285 g/mol. The van der Waals surface area contributed by atoms with Crippen LogP contribution in [-0.2, 0) is 0 Å². The van der Waals surface area contributed by atoms with Gasteiger partial charge in [-0.1, -0.05) is 31.0 Å². The Bertz CT molecular complexity index is 756. The van der Waals surface area contributed by atoms with Crippen molar-refractivity contribution in [1.82, 2.24) is 14.3 Å². The van der Waals surface area contributed by atoms with E-state index in [2.05, 4.69) is 5.10 Å². The van der Waals surface area contributed by atoms with Crippen molar-refractivity contribution in [3.8, 4) is 5.69 Å². The van der Waals surface area contributed by atoms with E-state index in [0.29, 0.717) is 11.6 Å². The lowest BCUT2D eigenvalue weighted by Gasteiger charge is -2.18. The van der Waals surface area contributed by atoms with E-state index in [1.807, 2.05) is 18.2 Å². The van der Waals surface area contributed by atoms with E-state index < -0.39 is 0 Å². The van der Waals surface area contributed by atoms with Gasteiger partial charge in [0.25, 0.3) is 0 Å². The van der Waals surface area contributed by atoms with E-state index in [0.717, 1.165) is 12.3 Å². The second-order valence-corrected chi connectivity index (χ2v) is 6.24.